The summed E-state index contributed by atoms with van der Waals surface area (Å²) in [6, 6.07) is 32.6. The lowest BCUT2D eigenvalue weighted by Gasteiger charge is -2.36. The first-order valence-corrected chi connectivity index (χ1v) is 18.2. The van der Waals surface area contributed by atoms with E-state index in [1.807, 2.05) is 100 Å². The minimum atomic E-state index is -4.01. The number of fused-ring (bicyclic) bond motifs is 14. The molecule has 0 fully saturated rings. The number of hydrogen-bond acceptors (Lipinski definition) is 8. The molecule has 0 saturated carbocycles. The minimum Gasteiger partial charge on any atom is -0.359 e. The van der Waals surface area contributed by atoms with Gasteiger partial charge in [-0.15, -0.1) is 0 Å². The third-order valence-corrected chi connectivity index (χ3v) is 12.6. The van der Waals surface area contributed by atoms with Crippen LogP contribution in [0.3, 0.4) is 0 Å². The quantitative estimate of drug-likeness (QED) is 0.210. The Kier molecular flexibility index (Phi) is 5.91. The summed E-state index contributed by atoms with van der Waals surface area (Å²) in [5.41, 5.74) is 4.92. The van der Waals surface area contributed by atoms with Crippen molar-refractivity contribution in [2.45, 2.75) is 39.9 Å². The molecule has 4 aliphatic heterocycles. The Hall–Kier alpha value is -5.62. The van der Waals surface area contributed by atoms with E-state index in [-0.39, 0.29) is 12.2 Å². The highest BCUT2D eigenvalue weighted by Gasteiger charge is 2.54. The number of aliphatic imine (C=N–C) groups is 4. The molecule has 0 radical (unpaired) electrons. The van der Waals surface area contributed by atoms with Crippen LogP contribution >= 0.6 is 0 Å². The van der Waals surface area contributed by atoms with E-state index in [1.165, 1.54) is 0 Å². The van der Waals surface area contributed by atoms with Crippen LogP contribution in [-0.4, -0.2) is 52.9 Å². The van der Waals surface area contributed by atoms with Gasteiger partial charge in [-0.1, -0.05) is 97.1 Å². The smallest absolute Gasteiger partial charge is 0.359 e. The monoisotopic (exact) mass is 658 g/mol. The number of rotatable bonds is 4. The highest BCUT2D eigenvalue weighted by molar-refractivity contribution is 6.66. The highest BCUT2D eigenvalue weighted by atomic mass is 28.4. The second-order valence-corrected chi connectivity index (χ2v) is 15.5. The lowest BCUT2D eigenvalue weighted by atomic mass is 10.1. The van der Waals surface area contributed by atoms with Crippen LogP contribution in [0.5, 0.6) is 0 Å². The van der Waals surface area contributed by atoms with Gasteiger partial charge in [0.25, 0.3) is 0 Å². The van der Waals surface area contributed by atoms with Crippen LogP contribution in [0.2, 0.25) is 0 Å². The number of aromatic nitrogens is 2. The van der Waals surface area contributed by atoms with E-state index in [4.69, 9.17) is 38.8 Å². The van der Waals surface area contributed by atoms with Crippen molar-refractivity contribution in [2.75, 3.05) is 0 Å². The van der Waals surface area contributed by atoms with Crippen LogP contribution in [0, 0.1) is 0 Å². The summed E-state index contributed by atoms with van der Waals surface area (Å²) in [4.78, 5) is 31.8. The van der Waals surface area contributed by atoms with E-state index in [0.29, 0.717) is 46.0 Å². The zero-order valence-electron chi connectivity index (χ0n) is 27.3. The van der Waals surface area contributed by atoms with E-state index < -0.39 is 8.88 Å². The van der Waals surface area contributed by atoms with Crippen molar-refractivity contribution in [3.05, 3.63) is 130 Å². The summed E-state index contributed by atoms with van der Waals surface area (Å²) in [5.74, 6) is 3.58. The van der Waals surface area contributed by atoms with Gasteiger partial charge in [-0.25, -0.2) is 30.0 Å². The van der Waals surface area contributed by atoms with Crippen LogP contribution in [0.15, 0.2) is 127 Å². The largest absolute Gasteiger partial charge is 0.603 e. The van der Waals surface area contributed by atoms with Gasteiger partial charge in [-0.05, 0) is 27.7 Å². The van der Waals surface area contributed by atoms with Gasteiger partial charge >= 0.3 is 8.88 Å². The van der Waals surface area contributed by atoms with Gasteiger partial charge in [0.15, 0.2) is 23.3 Å². The molecule has 6 aromatic rings. The van der Waals surface area contributed by atoms with E-state index in [9.17, 15) is 0 Å². The van der Waals surface area contributed by atoms with Gasteiger partial charge < -0.3 is 8.85 Å². The molecule has 0 amide bonds. The Bertz CT molecular complexity index is 2520. The molecule has 4 aliphatic rings. The molecular formula is C38H30N8O2Si. The van der Waals surface area contributed by atoms with Crippen molar-refractivity contribution in [3.63, 3.8) is 0 Å². The molecule has 0 spiro atoms. The lowest BCUT2D eigenvalue weighted by molar-refractivity contribution is 0.0885. The van der Waals surface area contributed by atoms with E-state index in [2.05, 4.69) is 32.7 Å². The normalized spacial score (nSPS) is 16.4. The van der Waals surface area contributed by atoms with Gasteiger partial charge in [-0.3, -0.25) is 8.47 Å². The summed E-state index contributed by atoms with van der Waals surface area (Å²) in [7, 11) is -4.01. The molecule has 0 aliphatic carbocycles. The van der Waals surface area contributed by atoms with Crippen molar-refractivity contribution in [2.24, 2.45) is 30.0 Å². The minimum absolute atomic E-state index is 0.258. The van der Waals surface area contributed by atoms with E-state index in [1.54, 1.807) is 0 Å². The van der Waals surface area contributed by atoms with Crippen molar-refractivity contribution >= 4 is 65.4 Å². The van der Waals surface area contributed by atoms with Gasteiger partial charge in [0.1, 0.15) is 22.6 Å². The molecule has 4 aromatic carbocycles. The SMILES string of the molecule is CC(C)O[Si]1(OC(C)C)n2c3c4ccccc4c2N=C2N=C(N=c4c5ccccc5c(n41)=NC1=NC(=N3)c3ccccc31)c1ccccc12. The van der Waals surface area contributed by atoms with Crippen molar-refractivity contribution in [1.29, 1.82) is 0 Å². The Morgan fingerprint density at radius 1 is 0.429 bits per heavy atom. The van der Waals surface area contributed by atoms with E-state index >= 15 is 0 Å². The lowest BCUT2D eigenvalue weighted by Crippen LogP contribution is -2.65. The average molecular weight is 659 g/mol. The Morgan fingerprint density at radius 2 is 0.776 bits per heavy atom. The predicted octanol–water partition coefficient (Wildman–Crippen LogP) is 6.22. The molecular weight excluding hydrogens is 629 g/mol. The van der Waals surface area contributed by atoms with Crippen LogP contribution in [-0.2, 0) is 8.85 Å². The molecule has 10 rings (SSSR count). The third-order valence-electron chi connectivity index (χ3n) is 9.10. The molecule has 10 nitrogen and oxygen atoms in total. The Labute approximate surface area is 282 Å². The fourth-order valence-corrected chi connectivity index (χ4v) is 10.9. The van der Waals surface area contributed by atoms with Gasteiger partial charge in [0.2, 0.25) is 0 Å². The topological polar surface area (TPSA) is 102 Å². The molecule has 0 atom stereocenters. The highest BCUT2D eigenvalue weighted by Crippen LogP contribution is 2.44. The first-order chi connectivity index (χ1) is 23.9. The fraction of sp³-hybridized carbons (Fsp3) is 0.158. The maximum Gasteiger partial charge on any atom is 0.603 e. The summed E-state index contributed by atoms with van der Waals surface area (Å²) >= 11 is 0. The maximum atomic E-state index is 7.33. The molecule has 6 heterocycles. The van der Waals surface area contributed by atoms with Crippen molar-refractivity contribution in [1.82, 2.24) is 8.47 Å². The molecule has 0 N–H and O–H groups in total. The van der Waals surface area contributed by atoms with Gasteiger partial charge in [-0.2, -0.15) is 0 Å². The standard InChI is InChI=1S/C38H30N8O2Si/c1-21(2)47-49(48-22(3)4)45-35-27-17-9-10-18-28(27)37(45)43-33-25-15-7-8-16-26(25)34(40-33)44-38-30-20-12-11-19-29(30)36(46(38)49)42-32-24-14-6-5-13-23(24)31(39-32)41-35/h5-22H,1-4H3. The Balaban J connectivity index is 1.55. The summed E-state index contributed by atoms with van der Waals surface area (Å²) < 4.78 is 18.9. The second kappa shape index (κ2) is 10.2. The molecule has 6 bridgehead atoms. The molecule has 2 aromatic heterocycles. The molecule has 0 unspecified atom stereocenters. The van der Waals surface area contributed by atoms with Crippen molar-refractivity contribution in [3.8, 4) is 0 Å². The molecule has 0 saturated heterocycles. The first kappa shape index (κ1) is 28.4. The zero-order chi connectivity index (χ0) is 33.0. The van der Waals surface area contributed by atoms with Crippen LogP contribution in [0.4, 0.5) is 11.6 Å². The molecule has 238 valence electrons. The fourth-order valence-electron chi connectivity index (χ4n) is 7.29. The van der Waals surface area contributed by atoms with Crippen LogP contribution < -0.4 is 11.0 Å². The zero-order valence-corrected chi connectivity index (χ0v) is 28.3. The number of benzene rings is 4. The maximum absolute atomic E-state index is 7.33. The average Bonchev–Trinajstić information content (AvgIpc) is 3.81. The van der Waals surface area contributed by atoms with Crippen molar-refractivity contribution < 1.29 is 8.85 Å². The summed E-state index contributed by atoms with van der Waals surface area (Å²) in [5, 5.41) is 3.60. The third kappa shape index (κ3) is 3.94. The number of nitrogens with zero attached hydrogens (tertiary/aromatic N) is 8. The first-order valence-electron chi connectivity index (χ1n) is 16.5. The number of hydrogen-bond donors (Lipinski definition) is 0. The molecule has 11 heteroatoms. The van der Waals surface area contributed by atoms with Crippen LogP contribution in [0.1, 0.15) is 49.9 Å². The predicted molar refractivity (Wildman–Crippen MR) is 194 cm³/mol. The number of amidine groups is 4. The van der Waals surface area contributed by atoms with Crippen LogP contribution in [0.25, 0.3) is 21.5 Å². The summed E-state index contributed by atoms with van der Waals surface area (Å²) in [6.07, 6.45) is -0.516. The summed E-state index contributed by atoms with van der Waals surface area (Å²) in [6.45, 7) is 8.14. The molecule has 49 heavy (non-hydrogen) atoms. The van der Waals surface area contributed by atoms with Gasteiger partial charge in [0, 0.05) is 56.0 Å². The van der Waals surface area contributed by atoms with E-state index in [0.717, 1.165) is 43.8 Å². The Morgan fingerprint density at radius 3 is 1.16 bits per heavy atom. The second-order valence-electron chi connectivity index (χ2n) is 13.0. The van der Waals surface area contributed by atoms with Gasteiger partial charge in [0.05, 0.1) is 0 Å².